The first-order valence-electron chi connectivity index (χ1n) is 7.97. The molecule has 4 heteroatoms. The molecule has 0 aromatic heterocycles. The predicted octanol–water partition coefficient (Wildman–Crippen LogP) is 2.95. The van der Waals surface area contributed by atoms with Crippen molar-refractivity contribution in [2.24, 2.45) is 5.92 Å². The molecule has 0 bridgehead atoms. The number of nitrogens with zero attached hydrogens (tertiary/aromatic N) is 1. The summed E-state index contributed by atoms with van der Waals surface area (Å²) in [5.74, 6) is -1.27. The fraction of sp³-hybridized carbons (Fsp3) is 0.556. The van der Waals surface area contributed by atoms with Gasteiger partial charge < -0.3 is 10.0 Å². The van der Waals surface area contributed by atoms with Crippen LogP contribution in [-0.2, 0) is 16.0 Å². The minimum Gasteiger partial charge on any atom is -0.481 e. The number of carboxylic acids is 1. The first-order chi connectivity index (χ1) is 10.4. The van der Waals surface area contributed by atoms with Crippen LogP contribution >= 0.6 is 0 Å². The standard InChI is InChI=1S/C18H25NO3/c1-12-4-5-15(13(2)10-12)6-9-17(20)19(16-7-8-16)11-14(3)18(21)22/h4-5,10,14,16H,6-9,11H2,1-3H3,(H,21,22). The highest BCUT2D eigenvalue weighted by Gasteiger charge is 2.34. The van der Waals surface area contributed by atoms with Gasteiger partial charge in [-0.15, -0.1) is 0 Å². The van der Waals surface area contributed by atoms with E-state index in [2.05, 4.69) is 32.0 Å². The Kier molecular flexibility index (Phi) is 5.22. The van der Waals surface area contributed by atoms with Crippen LogP contribution in [0.15, 0.2) is 18.2 Å². The lowest BCUT2D eigenvalue weighted by Gasteiger charge is -2.24. The monoisotopic (exact) mass is 303 g/mol. The molecule has 1 aromatic carbocycles. The van der Waals surface area contributed by atoms with Gasteiger partial charge in [-0.1, -0.05) is 30.7 Å². The summed E-state index contributed by atoms with van der Waals surface area (Å²) in [4.78, 5) is 25.3. The zero-order valence-electron chi connectivity index (χ0n) is 13.6. The SMILES string of the molecule is Cc1ccc(CCC(=O)N(CC(C)C(=O)O)C2CC2)c(C)c1. The van der Waals surface area contributed by atoms with Gasteiger partial charge in [0.1, 0.15) is 0 Å². The van der Waals surface area contributed by atoms with Gasteiger partial charge in [-0.2, -0.15) is 0 Å². The molecular weight excluding hydrogens is 278 g/mol. The molecule has 1 aliphatic rings. The summed E-state index contributed by atoms with van der Waals surface area (Å²) in [6.45, 7) is 6.11. The molecular formula is C18H25NO3. The second kappa shape index (κ2) is 6.95. The molecule has 0 saturated heterocycles. The van der Waals surface area contributed by atoms with Gasteiger partial charge in [-0.05, 0) is 44.2 Å². The van der Waals surface area contributed by atoms with E-state index >= 15 is 0 Å². The Balaban J connectivity index is 1.95. The third kappa shape index (κ3) is 4.33. The molecule has 1 saturated carbocycles. The van der Waals surface area contributed by atoms with Gasteiger partial charge in [0.05, 0.1) is 5.92 Å². The smallest absolute Gasteiger partial charge is 0.308 e. The molecule has 1 fully saturated rings. The summed E-state index contributed by atoms with van der Waals surface area (Å²) in [7, 11) is 0. The Hall–Kier alpha value is -1.84. The summed E-state index contributed by atoms with van der Waals surface area (Å²) in [6, 6.07) is 6.54. The maximum absolute atomic E-state index is 12.5. The van der Waals surface area contributed by atoms with Gasteiger partial charge in [0, 0.05) is 19.0 Å². The molecule has 1 aromatic rings. The summed E-state index contributed by atoms with van der Waals surface area (Å²) >= 11 is 0. The second-order valence-corrected chi connectivity index (χ2v) is 6.45. The molecule has 4 nitrogen and oxygen atoms in total. The number of carbonyl (C=O) groups is 2. The lowest BCUT2D eigenvalue weighted by molar-refractivity contribution is -0.143. The van der Waals surface area contributed by atoms with Crippen molar-refractivity contribution in [1.29, 1.82) is 0 Å². The van der Waals surface area contributed by atoms with Gasteiger partial charge in [0.15, 0.2) is 0 Å². The van der Waals surface area contributed by atoms with E-state index in [1.165, 1.54) is 16.7 Å². The molecule has 0 spiro atoms. The van der Waals surface area contributed by atoms with Crippen LogP contribution in [0.2, 0.25) is 0 Å². The van der Waals surface area contributed by atoms with Crippen molar-refractivity contribution in [3.8, 4) is 0 Å². The van der Waals surface area contributed by atoms with Gasteiger partial charge in [0.2, 0.25) is 5.91 Å². The number of hydrogen-bond donors (Lipinski definition) is 1. The van der Waals surface area contributed by atoms with Crippen LogP contribution in [0.3, 0.4) is 0 Å². The van der Waals surface area contributed by atoms with Gasteiger partial charge in [0.25, 0.3) is 0 Å². The number of benzene rings is 1. The molecule has 1 amide bonds. The molecule has 0 radical (unpaired) electrons. The number of rotatable bonds is 7. The van der Waals surface area contributed by atoms with Crippen molar-refractivity contribution in [3.63, 3.8) is 0 Å². The van der Waals surface area contributed by atoms with E-state index in [1.54, 1.807) is 11.8 Å². The zero-order chi connectivity index (χ0) is 16.3. The van der Waals surface area contributed by atoms with E-state index in [0.717, 1.165) is 19.3 Å². The van der Waals surface area contributed by atoms with Crippen molar-refractivity contribution < 1.29 is 14.7 Å². The molecule has 1 unspecified atom stereocenters. The third-order valence-corrected chi connectivity index (χ3v) is 4.31. The maximum atomic E-state index is 12.5. The van der Waals surface area contributed by atoms with Crippen molar-refractivity contribution in [2.45, 2.75) is 52.5 Å². The Morgan fingerprint density at radius 3 is 2.55 bits per heavy atom. The summed E-state index contributed by atoms with van der Waals surface area (Å²) in [5, 5.41) is 9.05. The van der Waals surface area contributed by atoms with Crippen molar-refractivity contribution >= 4 is 11.9 Å². The molecule has 120 valence electrons. The van der Waals surface area contributed by atoms with Crippen LogP contribution < -0.4 is 0 Å². The topological polar surface area (TPSA) is 57.6 Å². The lowest BCUT2D eigenvalue weighted by atomic mass is 10.0. The highest BCUT2D eigenvalue weighted by molar-refractivity contribution is 5.78. The van der Waals surface area contributed by atoms with E-state index in [9.17, 15) is 9.59 Å². The van der Waals surface area contributed by atoms with Crippen molar-refractivity contribution in [2.75, 3.05) is 6.54 Å². The average Bonchev–Trinajstić information content (AvgIpc) is 3.27. The number of amides is 1. The van der Waals surface area contributed by atoms with Crippen LogP contribution in [0, 0.1) is 19.8 Å². The molecule has 0 aliphatic heterocycles. The minimum atomic E-state index is -0.840. The highest BCUT2D eigenvalue weighted by atomic mass is 16.4. The molecule has 0 heterocycles. The van der Waals surface area contributed by atoms with Crippen LogP contribution in [0.25, 0.3) is 0 Å². The Labute approximate surface area is 132 Å². The Bertz CT molecular complexity index is 563. The zero-order valence-corrected chi connectivity index (χ0v) is 13.6. The maximum Gasteiger partial charge on any atom is 0.308 e. The van der Waals surface area contributed by atoms with Crippen LogP contribution in [0.5, 0.6) is 0 Å². The Morgan fingerprint density at radius 1 is 1.32 bits per heavy atom. The van der Waals surface area contributed by atoms with E-state index in [0.29, 0.717) is 13.0 Å². The summed E-state index contributed by atoms with van der Waals surface area (Å²) < 4.78 is 0. The number of carboxylic acid groups (broad SMARTS) is 1. The van der Waals surface area contributed by atoms with E-state index in [-0.39, 0.29) is 11.9 Å². The Morgan fingerprint density at radius 2 is 2.00 bits per heavy atom. The van der Waals surface area contributed by atoms with Gasteiger partial charge in [-0.3, -0.25) is 9.59 Å². The molecule has 1 aliphatic carbocycles. The highest BCUT2D eigenvalue weighted by Crippen LogP contribution is 2.28. The van der Waals surface area contributed by atoms with Gasteiger partial charge in [-0.25, -0.2) is 0 Å². The number of aryl methyl sites for hydroxylation is 3. The first kappa shape index (κ1) is 16.5. The van der Waals surface area contributed by atoms with Crippen LogP contribution in [-0.4, -0.2) is 34.5 Å². The van der Waals surface area contributed by atoms with E-state index < -0.39 is 11.9 Å². The number of hydrogen-bond acceptors (Lipinski definition) is 2. The summed E-state index contributed by atoms with van der Waals surface area (Å²) in [5.41, 5.74) is 3.63. The molecule has 1 N–H and O–H groups in total. The van der Waals surface area contributed by atoms with Crippen molar-refractivity contribution in [3.05, 3.63) is 34.9 Å². The fourth-order valence-corrected chi connectivity index (χ4v) is 2.73. The largest absolute Gasteiger partial charge is 0.481 e. The quantitative estimate of drug-likeness (QED) is 0.842. The first-order valence-corrected chi connectivity index (χ1v) is 7.97. The predicted molar refractivity (Wildman–Crippen MR) is 85.8 cm³/mol. The van der Waals surface area contributed by atoms with Crippen LogP contribution in [0.1, 0.15) is 42.9 Å². The normalized spacial score (nSPS) is 15.4. The lowest BCUT2D eigenvalue weighted by Crippen LogP contribution is -2.38. The van der Waals surface area contributed by atoms with Crippen molar-refractivity contribution in [1.82, 2.24) is 4.90 Å². The summed E-state index contributed by atoms with van der Waals surface area (Å²) in [6.07, 6.45) is 3.17. The molecule has 22 heavy (non-hydrogen) atoms. The van der Waals surface area contributed by atoms with E-state index in [1.807, 2.05) is 0 Å². The number of carbonyl (C=O) groups excluding carboxylic acids is 1. The second-order valence-electron chi connectivity index (χ2n) is 6.45. The number of aliphatic carboxylic acids is 1. The third-order valence-electron chi connectivity index (χ3n) is 4.31. The minimum absolute atomic E-state index is 0.0792. The van der Waals surface area contributed by atoms with Gasteiger partial charge >= 0.3 is 5.97 Å². The molecule has 2 rings (SSSR count). The van der Waals surface area contributed by atoms with Crippen LogP contribution in [0.4, 0.5) is 0 Å². The molecule has 1 atom stereocenters. The van der Waals surface area contributed by atoms with E-state index in [4.69, 9.17) is 5.11 Å². The fourth-order valence-electron chi connectivity index (χ4n) is 2.73. The average molecular weight is 303 g/mol.